The maximum atomic E-state index is 12.8. The number of amides is 1. The summed E-state index contributed by atoms with van der Waals surface area (Å²) in [5, 5.41) is 24.4. The molecular formula is C25H19Cl2N3O6. The molecule has 1 amide bonds. The molecule has 0 unspecified atom stereocenters. The fourth-order valence-electron chi connectivity index (χ4n) is 3.14. The fourth-order valence-corrected chi connectivity index (χ4v) is 3.60. The van der Waals surface area contributed by atoms with Crippen molar-refractivity contribution in [1.82, 2.24) is 0 Å². The number of nitro benzene ring substituents is 1. The largest absolute Gasteiger partial charge is 0.496 e. The summed E-state index contributed by atoms with van der Waals surface area (Å²) in [6.45, 7) is 0.0589. The fraction of sp³-hybridized carbons (Fsp3) is 0.120. The summed E-state index contributed by atoms with van der Waals surface area (Å²) in [4.78, 5) is 23.6. The third-order valence-corrected chi connectivity index (χ3v) is 5.52. The van der Waals surface area contributed by atoms with E-state index in [0.717, 1.165) is 0 Å². The summed E-state index contributed by atoms with van der Waals surface area (Å²) >= 11 is 12.2. The zero-order valence-corrected chi connectivity index (χ0v) is 20.6. The second-order valence-electron chi connectivity index (χ2n) is 7.17. The predicted molar refractivity (Wildman–Crippen MR) is 136 cm³/mol. The number of ether oxygens (including phenoxy) is 3. The van der Waals surface area contributed by atoms with Gasteiger partial charge in [-0.25, -0.2) is 0 Å². The highest BCUT2D eigenvalue weighted by Gasteiger charge is 2.20. The van der Waals surface area contributed by atoms with Gasteiger partial charge in [0.2, 0.25) is 0 Å². The topological polar surface area (TPSA) is 124 Å². The van der Waals surface area contributed by atoms with Gasteiger partial charge in [0, 0.05) is 21.2 Å². The zero-order valence-electron chi connectivity index (χ0n) is 19.1. The molecule has 0 spiro atoms. The number of methoxy groups -OCH3 is 2. The molecule has 3 aromatic carbocycles. The quantitative estimate of drug-likeness (QED) is 0.155. The van der Waals surface area contributed by atoms with Gasteiger partial charge in [0.25, 0.3) is 11.6 Å². The molecule has 3 rings (SSSR count). The van der Waals surface area contributed by atoms with Crippen LogP contribution in [0.3, 0.4) is 0 Å². The maximum absolute atomic E-state index is 12.8. The van der Waals surface area contributed by atoms with Gasteiger partial charge in [-0.2, -0.15) is 5.26 Å². The second kappa shape index (κ2) is 11.9. The smallest absolute Gasteiger partial charge is 0.296 e. The van der Waals surface area contributed by atoms with Crippen LogP contribution >= 0.6 is 23.2 Å². The monoisotopic (exact) mass is 527 g/mol. The number of nitrogens with zero attached hydrogens (tertiary/aromatic N) is 2. The van der Waals surface area contributed by atoms with Gasteiger partial charge in [0.15, 0.2) is 11.5 Å². The van der Waals surface area contributed by atoms with Gasteiger partial charge >= 0.3 is 0 Å². The first-order valence-electron chi connectivity index (χ1n) is 10.3. The molecule has 0 saturated carbocycles. The summed E-state index contributed by atoms with van der Waals surface area (Å²) in [6.07, 6.45) is 1.30. The highest BCUT2D eigenvalue weighted by molar-refractivity contribution is 6.35. The van der Waals surface area contributed by atoms with E-state index in [1.54, 1.807) is 36.4 Å². The van der Waals surface area contributed by atoms with Crippen LogP contribution in [-0.2, 0) is 11.4 Å². The van der Waals surface area contributed by atoms with E-state index in [1.165, 1.54) is 38.5 Å². The maximum Gasteiger partial charge on any atom is 0.296 e. The first-order chi connectivity index (χ1) is 17.3. The number of hydrogen-bond donors (Lipinski definition) is 1. The molecule has 0 saturated heterocycles. The first kappa shape index (κ1) is 26.3. The van der Waals surface area contributed by atoms with E-state index in [-0.39, 0.29) is 35.1 Å². The molecule has 3 aromatic rings. The lowest BCUT2D eigenvalue weighted by atomic mass is 10.1. The van der Waals surface area contributed by atoms with Crippen LogP contribution < -0.4 is 19.5 Å². The van der Waals surface area contributed by atoms with Crippen molar-refractivity contribution in [2.75, 3.05) is 19.5 Å². The number of nitrogens with one attached hydrogen (secondary N) is 1. The number of anilines is 1. The Hall–Kier alpha value is -4.26. The minimum atomic E-state index is -0.847. The number of carbonyl (C=O) groups is 1. The number of halogens is 2. The Balaban J connectivity index is 1.92. The lowest BCUT2D eigenvalue weighted by Gasteiger charge is -2.14. The molecule has 0 heterocycles. The van der Waals surface area contributed by atoms with Crippen molar-refractivity contribution in [2.45, 2.75) is 6.61 Å². The lowest BCUT2D eigenvalue weighted by Crippen LogP contribution is -2.14. The van der Waals surface area contributed by atoms with E-state index in [2.05, 4.69) is 5.32 Å². The van der Waals surface area contributed by atoms with Crippen LogP contribution in [0.2, 0.25) is 10.0 Å². The average Bonchev–Trinajstić information content (AvgIpc) is 2.86. The summed E-state index contributed by atoms with van der Waals surface area (Å²) in [5.74, 6) is 0.0225. The molecule has 1 N–H and O–H groups in total. The number of para-hydroxylation sites is 1. The van der Waals surface area contributed by atoms with Crippen LogP contribution in [0.4, 0.5) is 11.4 Å². The minimum absolute atomic E-state index is 0.0589. The molecular weight excluding hydrogens is 509 g/mol. The van der Waals surface area contributed by atoms with E-state index in [4.69, 9.17) is 37.4 Å². The van der Waals surface area contributed by atoms with Crippen LogP contribution in [0.15, 0.2) is 60.2 Å². The Morgan fingerprint density at radius 1 is 1.14 bits per heavy atom. The highest BCUT2D eigenvalue weighted by Crippen LogP contribution is 2.35. The summed E-state index contributed by atoms with van der Waals surface area (Å²) in [7, 11) is 2.81. The molecule has 0 fully saturated rings. The standard InChI is InChI=1S/C25H19Cl2N3O6/c1-34-19-8-9-21(22(12-19)30(32)33)29-25(31)17(13-28)10-15-4-3-5-23(35-2)24(15)36-14-16-6-7-18(26)11-20(16)27/h3-12H,14H2,1-2H3,(H,29,31)/b17-10+. The number of rotatable bonds is 9. The lowest BCUT2D eigenvalue weighted by molar-refractivity contribution is -0.384. The molecule has 36 heavy (non-hydrogen) atoms. The van der Waals surface area contributed by atoms with E-state index in [9.17, 15) is 20.2 Å². The van der Waals surface area contributed by atoms with Crippen LogP contribution in [0, 0.1) is 21.4 Å². The number of benzene rings is 3. The van der Waals surface area contributed by atoms with E-state index in [0.29, 0.717) is 26.9 Å². The van der Waals surface area contributed by atoms with Gasteiger partial charge in [-0.05, 0) is 36.4 Å². The zero-order chi connectivity index (χ0) is 26.2. The third-order valence-electron chi connectivity index (χ3n) is 4.93. The molecule has 9 nitrogen and oxygen atoms in total. The number of carbonyl (C=O) groups excluding carboxylic acids is 1. The highest BCUT2D eigenvalue weighted by atomic mass is 35.5. The molecule has 0 aromatic heterocycles. The summed E-state index contributed by atoms with van der Waals surface area (Å²) in [6, 6.07) is 15.7. The molecule has 0 radical (unpaired) electrons. The molecule has 0 aliphatic heterocycles. The van der Waals surface area contributed by atoms with Crippen molar-refractivity contribution in [1.29, 1.82) is 5.26 Å². The van der Waals surface area contributed by atoms with E-state index >= 15 is 0 Å². The second-order valence-corrected chi connectivity index (χ2v) is 8.01. The van der Waals surface area contributed by atoms with Gasteiger partial charge in [0.05, 0.1) is 25.2 Å². The molecule has 11 heteroatoms. The van der Waals surface area contributed by atoms with Crippen molar-refractivity contribution in [3.05, 3.63) is 91.5 Å². The number of nitro groups is 1. The third kappa shape index (κ3) is 6.24. The first-order valence-corrected chi connectivity index (χ1v) is 11.0. The van der Waals surface area contributed by atoms with Crippen LogP contribution in [-0.4, -0.2) is 25.1 Å². The molecule has 0 aliphatic rings. The SMILES string of the molecule is COc1ccc(NC(=O)/C(C#N)=C/c2cccc(OC)c2OCc2ccc(Cl)cc2Cl)c([N+](=O)[O-])c1. The van der Waals surface area contributed by atoms with Crippen LogP contribution in [0.5, 0.6) is 17.2 Å². The Morgan fingerprint density at radius 3 is 2.56 bits per heavy atom. The number of hydrogen-bond acceptors (Lipinski definition) is 7. The van der Waals surface area contributed by atoms with Crippen molar-refractivity contribution in [3.8, 4) is 23.3 Å². The van der Waals surface area contributed by atoms with E-state index in [1.807, 2.05) is 6.07 Å². The van der Waals surface area contributed by atoms with E-state index < -0.39 is 10.8 Å². The molecule has 0 atom stereocenters. The summed E-state index contributed by atoms with van der Waals surface area (Å²) < 4.78 is 16.3. The Kier molecular flexibility index (Phi) is 8.73. The predicted octanol–water partition coefficient (Wildman–Crippen LogP) is 6.04. The van der Waals surface area contributed by atoms with Crippen LogP contribution in [0.1, 0.15) is 11.1 Å². The molecule has 184 valence electrons. The van der Waals surface area contributed by atoms with Gasteiger partial charge < -0.3 is 19.5 Å². The van der Waals surface area contributed by atoms with Crippen molar-refractivity contribution in [3.63, 3.8) is 0 Å². The van der Waals surface area contributed by atoms with Crippen molar-refractivity contribution in [2.24, 2.45) is 0 Å². The summed E-state index contributed by atoms with van der Waals surface area (Å²) in [5.41, 5.74) is 0.238. The Bertz CT molecular complexity index is 1380. The van der Waals surface area contributed by atoms with Gasteiger partial charge in [-0.15, -0.1) is 0 Å². The van der Waals surface area contributed by atoms with Crippen molar-refractivity contribution < 1.29 is 23.9 Å². The Morgan fingerprint density at radius 2 is 1.92 bits per heavy atom. The van der Waals surface area contributed by atoms with Crippen molar-refractivity contribution >= 4 is 46.6 Å². The van der Waals surface area contributed by atoms with Gasteiger partial charge in [-0.1, -0.05) is 41.4 Å². The van der Waals surface area contributed by atoms with Gasteiger partial charge in [0.1, 0.15) is 29.7 Å². The molecule has 0 bridgehead atoms. The molecule has 0 aliphatic carbocycles. The Labute approximate surface area is 216 Å². The normalized spacial score (nSPS) is 10.8. The minimum Gasteiger partial charge on any atom is -0.496 e. The number of nitriles is 1. The van der Waals surface area contributed by atoms with Crippen LogP contribution in [0.25, 0.3) is 6.08 Å². The average molecular weight is 528 g/mol. The van der Waals surface area contributed by atoms with Gasteiger partial charge in [-0.3, -0.25) is 14.9 Å².